The normalized spacial score (nSPS) is 10.3. The zero-order valence-corrected chi connectivity index (χ0v) is 7.26. The van der Waals surface area contributed by atoms with Crippen LogP contribution in [-0.4, -0.2) is 26.5 Å². The SMILES string of the molecule is O=Cc1nnn(-c2ccc(F)cc2F)n1. The molecule has 0 atom stereocenters. The summed E-state index contributed by atoms with van der Waals surface area (Å²) in [4.78, 5) is 11.1. The molecule has 0 radical (unpaired) electrons. The molecule has 0 aliphatic heterocycles. The Balaban J connectivity index is 2.49. The molecule has 0 spiro atoms. The lowest BCUT2D eigenvalue weighted by molar-refractivity contribution is 0.111. The second-order valence-corrected chi connectivity index (χ2v) is 2.65. The Morgan fingerprint density at radius 2 is 2.13 bits per heavy atom. The van der Waals surface area contributed by atoms with Gasteiger partial charge in [-0.25, -0.2) is 8.78 Å². The lowest BCUT2D eigenvalue weighted by Crippen LogP contribution is -2.02. The number of benzene rings is 1. The van der Waals surface area contributed by atoms with Gasteiger partial charge in [0.1, 0.15) is 11.5 Å². The predicted octanol–water partition coefficient (Wildman–Crippen LogP) is 0.753. The van der Waals surface area contributed by atoms with E-state index in [1.807, 2.05) is 0 Å². The summed E-state index contributed by atoms with van der Waals surface area (Å²) in [7, 11) is 0. The number of hydrogen-bond donors (Lipinski definition) is 0. The Morgan fingerprint density at radius 3 is 2.73 bits per heavy atom. The van der Waals surface area contributed by atoms with Crippen molar-refractivity contribution in [2.75, 3.05) is 0 Å². The van der Waals surface area contributed by atoms with Gasteiger partial charge >= 0.3 is 0 Å². The molecule has 2 rings (SSSR count). The van der Waals surface area contributed by atoms with Crippen molar-refractivity contribution in [3.63, 3.8) is 0 Å². The molecule has 76 valence electrons. The van der Waals surface area contributed by atoms with Crippen LogP contribution in [0.25, 0.3) is 5.69 Å². The van der Waals surface area contributed by atoms with Crippen LogP contribution in [0.15, 0.2) is 18.2 Å². The molecule has 0 N–H and O–H groups in total. The van der Waals surface area contributed by atoms with Gasteiger partial charge in [0.05, 0.1) is 0 Å². The van der Waals surface area contributed by atoms with Gasteiger partial charge in [-0.05, 0) is 17.3 Å². The summed E-state index contributed by atoms with van der Waals surface area (Å²) in [5.41, 5.74) is -0.0722. The molecule has 1 heterocycles. The maximum absolute atomic E-state index is 13.2. The lowest BCUT2D eigenvalue weighted by atomic mass is 10.3. The molecule has 0 unspecified atom stereocenters. The van der Waals surface area contributed by atoms with Crippen molar-refractivity contribution in [2.24, 2.45) is 0 Å². The minimum atomic E-state index is -0.829. The highest BCUT2D eigenvalue weighted by atomic mass is 19.1. The van der Waals surface area contributed by atoms with Crippen LogP contribution < -0.4 is 0 Å². The van der Waals surface area contributed by atoms with Crippen molar-refractivity contribution in [2.45, 2.75) is 0 Å². The van der Waals surface area contributed by atoms with Crippen molar-refractivity contribution in [1.29, 1.82) is 0 Å². The van der Waals surface area contributed by atoms with E-state index in [4.69, 9.17) is 0 Å². The number of halogens is 2. The summed E-state index contributed by atoms with van der Waals surface area (Å²) < 4.78 is 25.8. The lowest BCUT2D eigenvalue weighted by Gasteiger charge is -1.99. The monoisotopic (exact) mass is 210 g/mol. The Hall–Kier alpha value is -2.18. The second-order valence-electron chi connectivity index (χ2n) is 2.65. The second kappa shape index (κ2) is 3.52. The highest BCUT2D eigenvalue weighted by molar-refractivity contribution is 5.67. The van der Waals surface area contributed by atoms with E-state index in [0.717, 1.165) is 16.9 Å². The minimum Gasteiger partial charge on any atom is -0.294 e. The minimum absolute atomic E-state index is 0.0722. The first-order chi connectivity index (χ1) is 7.20. The quantitative estimate of drug-likeness (QED) is 0.686. The standard InChI is InChI=1S/C8H4F2N4O/c9-5-1-2-7(6(10)3-5)14-12-8(4-15)11-13-14/h1-4H. The van der Waals surface area contributed by atoms with Gasteiger partial charge < -0.3 is 0 Å². The Morgan fingerprint density at radius 1 is 1.33 bits per heavy atom. The fourth-order valence-electron chi connectivity index (χ4n) is 1.02. The van der Waals surface area contributed by atoms with E-state index in [-0.39, 0.29) is 11.5 Å². The average Bonchev–Trinajstić information content (AvgIpc) is 2.66. The molecule has 5 nitrogen and oxygen atoms in total. The Labute approximate surface area is 82.3 Å². The van der Waals surface area contributed by atoms with Gasteiger partial charge in [-0.2, -0.15) is 0 Å². The van der Waals surface area contributed by atoms with E-state index in [1.165, 1.54) is 0 Å². The maximum Gasteiger partial charge on any atom is 0.237 e. The molecule has 0 bridgehead atoms. The van der Waals surface area contributed by atoms with E-state index in [0.29, 0.717) is 12.4 Å². The number of carbonyl (C=O) groups is 1. The first kappa shape index (κ1) is 9.38. The van der Waals surface area contributed by atoms with Gasteiger partial charge in [0.2, 0.25) is 5.82 Å². The van der Waals surface area contributed by atoms with Gasteiger partial charge in [0.25, 0.3) is 0 Å². The highest BCUT2D eigenvalue weighted by Gasteiger charge is 2.09. The van der Waals surface area contributed by atoms with Crippen LogP contribution in [0.2, 0.25) is 0 Å². The summed E-state index contributed by atoms with van der Waals surface area (Å²) in [6.45, 7) is 0. The van der Waals surface area contributed by atoms with Gasteiger partial charge in [0.15, 0.2) is 12.1 Å². The van der Waals surface area contributed by atoms with Crippen LogP contribution >= 0.6 is 0 Å². The number of nitrogens with zero attached hydrogens (tertiary/aromatic N) is 4. The summed E-state index contributed by atoms with van der Waals surface area (Å²) in [5, 5.41) is 10.3. The largest absolute Gasteiger partial charge is 0.294 e. The first-order valence-electron chi connectivity index (χ1n) is 3.91. The summed E-state index contributed by atoms with van der Waals surface area (Å²) in [6, 6.07) is 2.91. The summed E-state index contributed by atoms with van der Waals surface area (Å²) in [5.74, 6) is -1.70. The van der Waals surface area contributed by atoms with Gasteiger partial charge in [-0.1, -0.05) is 0 Å². The van der Waals surface area contributed by atoms with E-state index in [9.17, 15) is 13.6 Å². The van der Waals surface area contributed by atoms with E-state index in [2.05, 4.69) is 15.4 Å². The van der Waals surface area contributed by atoms with Crippen LogP contribution in [0.4, 0.5) is 8.78 Å². The van der Waals surface area contributed by atoms with Crippen LogP contribution in [0.3, 0.4) is 0 Å². The summed E-state index contributed by atoms with van der Waals surface area (Å²) >= 11 is 0. The van der Waals surface area contributed by atoms with Crippen LogP contribution in [0, 0.1) is 11.6 Å². The van der Waals surface area contributed by atoms with Gasteiger partial charge in [-0.15, -0.1) is 15.0 Å². The maximum atomic E-state index is 13.2. The Kier molecular flexibility index (Phi) is 2.20. The molecule has 15 heavy (non-hydrogen) atoms. The third-order valence-corrected chi connectivity index (χ3v) is 1.66. The van der Waals surface area contributed by atoms with Gasteiger partial charge in [0, 0.05) is 6.07 Å². The van der Waals surface area contributed by atoms with E-state index < -0.39 is 11.6 Å². The number of aromatic nitrogens is 4. The zero-order chi connectivity index (χ0) is 10.8. The van der Waals surface area contributed by atoms with E-state index in [1.54, 1.807) is 0 Å². The number of hydrogen-bond acceptors (Lipinski definition) is 4. The predicted molar refractivity (Wildman–Crippen MR) is 44.5 cm³/mol. The van der Waals surface area contributed by atoms with Crippen molar-refractivity contribution in [1.82, 2.24) is 20.2 Å². The fraction of sp³-hybridized carbons (Fsp3) is 0. The fourth-order valence-corrected chi connectivity index (χ4v) is 1.02. The molecule has 2 aromatic rings. The number of carbonyl (C=O) groups excluding carboxylic acids is 1. The zero-order valence-electron chi connectivity index (χ0n) is 7.26. The molecule has 0 fully saturated rings. The number of tetrazole rings is 1. The highest BCUT2D eigenvalue weighted by Crippen LogP contribution is 2.11. The van der Waals surface area contributed by atoms with Gasteiger partial charge in [-0.3, -0.25) is 4.79 Å². The van der Waals surface area contributed by atoms with Crippen molar-refractivity contribution in [3.05, 3.63) is 35.7 Å². The van der Waals surface area contributed by atoms with Crippen molar-refractivity contribution in [3.8, 4) is 5.69 Å². The topological polar surface area (TPSA) is 60.7 Å². The molecule has 1 aromatic heterocycles. The molecule has 0 saturated carbocycles. The number of aldehydes is 1. The van der Waals surface area contributed by atoms with Crippen LogP contribution in [0.1, 0.15) is 10.6 Å². The van der Waals surface area contributed by atoms with Crippen molar-refractivity contribution >= 4 is 6.29 Å². The smallest absolute Gasteiger partial charge is 0.237 e. The molecule has 0 amide bonds. The third-order valence-electron chi connectivity index (χ3n) is 1.66. The molecule has 7 heteroatoms. The molecule has 0 aliphatic carbocycles. The molecule has 0 saturated heterocycles. The van der Waals surface area contributed by atoms with Crippen LogP contribution in [0.5, 0.6) is 0 Å². The molecule has 0 aliphatic rings. The third kappa shape index (κ3) is 1.71. The first-order valence-corrected chi connectivity index (χ1v) is 3.91. The summed E-state index contributed by atoms with van der Waals surface area (Å²) in [6.07, 6.45) is 0.380. The van der Waals surface area contributed by atoms with E-state index >= 15 is 0 Å². The Bertz CT molecular complexity index is 511. The molecular formula is C8H4F2N4O. The van der Waals surface area contributed by atoms with Crippen LogP contribution in [-0.2, 0) is 0 Å². The van der Waals surface area contributed by atoms with Crippen molar-refractivity contribution < 1.29 is 13.6 Å². The number of rotatable bonds is 2. The average molecular weight is 210 g/mol. The molecule has 1 aromatic carbocycles. The molecular weight excluding hydrogens is 206 g/mol.